The van der Waals surface area contributed by atoms with Crippen molar-refractivity contribution >= 4 is 219 Å². The summed E-state index contributed by atoms with van der Waals surface area (Å²) < 4.78 is 1.85. The maximum atomic E-state index is 14.4. The number of benzene rings is 6. The molecule has 6 aromatic carbocycles. The molecule has 0 aromatic heterocycles. The molecular formula is C74H64Br2I8O2. The van der Waals surface area contributed by atoms with Crippen molar-refractivity contribution in [2.24, 2.45) is 11.8 Å². The van der Waals surface area contributed by atoms with Gasteiger partial charge in [-0.05, 0) is 116 Å². The van der Waals surface area contributed by atoms with Crippen LogP contribution in [0.4, 0.5) is 0 Å². The minimum Gasteiger partial charge on any atom is -0.481 e. The highest BCUT2D eigenvalue weighted by molar-refractivity contribution is 14.1. The van der Waals surface area contributed by atoms with Gasteiger partial charge in [0.2, 0.25) is 0 Å². The van der Waals surface area contributed by atoms with Crippen molar-refractivity contribution < 1.29 is 9.90 Å². The molecule has 0 amide bonds. The van der Waals surface area contributed by atoms with Crippen LogP contribution in [-0.4, -0.2) is 26.8 Å². The Bertz CT molecular complexity index is 3750. The van der Waals surface area contributed by atoms with Gasteiger partial charge in [0.15, 0.2) is 0 Å². The Kier molecular flexibility index (Phi) is 24.2. The van der Waals surface area contributed by atoms with Crippen LogP contribution in [0.3, 0.4) is 0 Å². The summed E-state index contributed by atoms with van der Waals surface area (Å²) in [5, 5.41) is 11.8. The Labute approximate surface area is 635 Å². The van der Waals surface area contributed by atoms with Gasteiger partial charge >= 0.3 is 5.97 Å². The number of alkyl halides is 8. The fourth-order valence-corrected chi connectivity index (χ4v) is 21.1. The van der Waals surface area contributed by atoms with Crippen LogP contribution >= 0.6 is 213 Å². The highest BCUT2D eigenvalue weighted by Gasteiger charge is 2.47. The van der Waals surface area contributed by atoms with Crippen LogP contribution in [0.15, 0.2) is 252 Å². The van der Waals surface area contributed by atoms with Gasteiger partial charge < -0.3 is 5.11 Å². The fraction of sp³-hybridized carbons (Fsp3) is 0.257. The highest BCUT2D eigenvalue weighted by atomic mass is 127. The summed E-state index contributed by atoms with van der Waals surface area (Å²) in [6, 6.07) is 47.4. The average Bonchev–Trinajstić information content (AvgIpc) is 1.77. The van der Waals surface area contributed by atoms with E-state index in [0.717, 1.165) is 80.9 Å². The number of carboxylic acid groups (broad SMARTS) is 1. The molecule has 12 heteroatoms. The highest BCUT2D eigenvalue weighted by Crippen LogP contribution is 2.56. The zero-order chi connectivity index (χ0) is 60.8. The van der Waals surface area contributed by atoms with Crippen LogP contribution < -0.4 is 0 Å². The molecule has 0 fully saturated rings. The number of hydrogen-bond donors (Lipinski definition) is 1. The third kappa shape index (κ3) is 14.5. The fourth-order valence-electron chi connectivity index (χ4n) is 13.1. The van der Waals surface area contributed by atoms with E-state index in [4.69, 9.17) is 0 Å². The van der Waals surface area contributed by atoms with Crippen molar-refractivity contribution in [3.05, 3.63) is 296 Å². The maximum absolute atomic E-state index is 14.4. The lowest BCUT2D eigenvalue weighted by Gasteiger charge is -2.41. The normalized spacial score (nSPS) is 26.3. The standard InChI is InChI=1S/C74H64Br2I8O2/c1-2-23-48(46-50-25-21-34-59(71(81)42-17-13-38-63(71)77)68(50)73(83)44-19-15-40-65(73)79)49(47-51-26-22-35-60(72(82)43-18-14-39-64(72)78)69(51)74(84)45-20-16-41-66(74)80)24-3-4-32-57(53-28-6-5-27-52(53)55-30-9-11-36-61(55)75)67(70(85)86)58-33-8-7-29-54(58)56-31-10-12-37-62(56)76/h4-22,25-45,48-49,57,63-67H,2-3,23-24,46-47H2,1H3,(H,85,86)/b32-4+. The number of rotatable bonds is 21. The molecule has 12 atom stereocenters. The van der Waals surface area contributed by atoms with Crippen molar-refractivity contribution in [1.29, 1.82) is 0 Å². The van der Waals surface area contributed by atoms with E-state index in [2.05, 4.69) is 420 Å². The average molecular weight is 2160 g/mol. The molecule has 10 rings (SSSR count). The molecule has 86 heavy (non-hydrogen) atoms. The van der Waals surface area contributed by atoms with E-state index in [9.17, 15) is 9.90 Å². The minimum atomic E-state index is -0.911. The van der Waals surface area contributed by atoms with E-state index >= 15 is 0 Å². The Morgan fingerprint density at radius 1 is 0.488 bits per heavy atom. The molecule has 4 aliphatic carbocycles. The first-order valence-corrected chi connectivity index (χ1v) is 39.9. The maximum Gasteiger partial charge on any atom is 0.311 e. The predicted octanol–water partition coefficient (Wildman–Crippen LogP) is 24.6. The second-order valence-corrected chi connectivity index (χ2v) is 36.7. The summed E-state index contributed by atoms with van der Waals surface area (Å²) in [4.78, 5) is 14.4. The van der Waals surface area contributed by atoms with Gasteiger partial charge in [0.1, 0.15) is 0 Å². The molecule has 12 unspecified atom stereocenters. The molecule has 0 aliphatic heterocycles. The predicted molar refractivity (Wildman–Crippen MR) is 440 cm³/mol. The van der Waals surface area contributed by atoms with Gasteiger partial charge in [0.05, 0.1) is 35.3 Å². The summed E-state index contributed by atoms with van der Waals surface area (Å²) in [5.41, 5.74) is 14.2. The number of carbonyl (C=O) groups is 1. The Hall–Kier alpha value is -0.750. The van der Waals surface area contributed by atoms with E-state index in [1.54, 1.807) is 0 Å². The second-order valence-electron chi connectivity index (χ2n) is 22.5. The Morgan fingerprint density at radius 3 is 1.29 bits per heavy atom. The third-order valence-electron chi connectivity index (χ3n) is 17.3. The summed E-state index contributed by atoms with van der Waals surface area (Å²) in [6.07, 6.45) is 47.3. The topological polar surface area (TPSA) is 37.3 Å². The van der Waals surface area contributed by atoms with E-state index in [0.29, 0.717) is 5.92 Å². The lowest BCUT2D eigenvalue weighted by Crippen LogP contribution is -2.36. The first-order chi connectivity index (χ1) is 41.4. The van der Waals surface area contributed by atoms with Crippen LogP contribution in [0.1, 0.15) is 89.0 Å². The van der Waals surface area contributed by atoms with Gasteiger partial charge in [0.25, 0.3) is 0 Å². The SMILES string of the molecule is CCCC(Cc1cccc(C2(I)C=CC=CC2I)c1C1(I)C=CC=CC1I)C(CC/C=C/C(c1ccccc1-c1ccccc1Br)C(C(=O)O)c1ccccc1-c1ccccc1Br)Cc1cccc(C2(I)C=CC=CC2I)c1C1(I)C=CC=CC1I. The molecule has 0 spiro atoms. The molecule has 6 aromatic rings. The largest absolute Gasteiger partial charge is 0.481 e. The van der Waals surface area contributed by atoms with Crippen LogP contribution in [0.2, 0.25) is 0 Å². The molecular weight excluding hydrogens is 2100 g/mol. The van der Waals surface area contributed by atoms with Crippen molar-refractivity contribution in [2.75, 3.05) is 0 Å². The van der Waals surface area contributed by atoms with Crippen LogP contribution in [0.5, 0.6) is 0 Å². The van der Waals surface area contributed by atoms with Gasteiger partial charge in [-0.15, -0.1) is 0 Å². The number of allylic oxidation sites excluding steroid dienone is 18. The van der Waals surface area contributed by atoms with E-state index in [1.165, 1.54) is 33.4 Å². The lowest BCUT2D eigenvalue weighted by atomic mass is 9.72. The van der Waals surface area contributed by atoms with E-state index in [-0.39, 0.29) is 35.3 Å². The van der Waals surface area contributed by atoms with Crippen LogP contribution in [0, 0.1) is 11.8 Å². The first kappa shape index (κ1) is 68.1. The van der Waals surface area contributed by atoms with Crippen molar-refractivity contribution in [3.63, 3.8) is 0 Å². The first-order valence-electron chi connectivity index (χ1n) is 29.0. The number of hydrogen-bond acceptors (Lipinski definition) is 1. The van der Waals surface area contributed by atoms with Gasteiger partial charge in [-0.1, -0.05) is 463 Å². The minimum absolute atomic E-state index is 0.232. The molecule has 4 aliphatic rings. The molecule has 0 saturated heterocycles. The summed E-state index contributed by atoms with van der Waals surface area (Å²) >= 11 is 29.5. The molecule has 0 saturated carbocycles. The Morgan fingerprint density at radius 2 is 0.872 bits per heavy atom. The second kappa shape index (κ2) is 30.5. The van der Waals surface area contributed by atoms with Crippen LogP contribution in [0.25, 0.3) is 22.3 Å². The summed E-state index contributed by atoms with van der Waals surface area (Å²) in [7, 11) is 0. The summed E-state index contributed by atoms with van der Waals surface area (Å²) in [6.45, 7) is 2.37. The molecule has 2 nitrogen and oxygen atoms in total. The van der Waals surface area contributed by atoms with E-state index < -0.39 is 17.8 Å². The van der Waals surface area contributed by atoms with Gasteiger partial charge in [0, 0.05) is 14.9 Å². The molecule has 1 N–H and O–H groups in total. The zero-order valence-corrected chi connectivity index (χ0v) is 67.5. The van der Waals surface area contributed by atoms with Gasteiger partial charge in [-0.25, -0.2) is 0 Å². The monoisotopic (exact) mass is 2160 g/mol. The lowest BCUT2D eigenvalue weighted by molar-refractivity contribution is -0.139. The number of aliphatic carboxylic acids is 1. The van der Waals surface area contributed by atoms with Gasteiger partial charge in [-0.2, -0.15) is 0 Å². The molecule has 0 bridgehead atoms. The molecule has 442 valence electrons. The quantitative estimate of drug-likeness (QED) is 0.0443. The number of carboxylic acids is 1. The summed E-state index contributed by atoms with van der Waals surface area (Å²) in [5.74, 6) is -1.72. The zero-order valence-electron chi connectivity index (χ0n) is 47.1. The third-order valence-corrected chi connectivity index (χ3v) is 35.4. The molecule has 0 heterocycles. The molecule has 0 radical (unpaired) electrons. The smallest absolute Gasteiger partial charge is 0.311 e. The van der Waals surface area contributed by atoms with Crippen molar-refractivity contribution in [1.82, 2.24) is 0 Å². The van der Waals surface area contributed by atoms with E-state index in [1.807, 2.05) is 42.5 Å². The van der Waals surface area contributed by atoms with Crippen LogP contribution in [-0.2, 0) is 31.3 Å². The van der Waals surface area contributed by atoms with Crippen molar-refractivity contribution in [3.8, 4) is 22.3 Å². The Balaban J connectivity index is 1.14. The van der Waals surface area contributed by atoms with Crippen molar-refractivity contribution in [2.45, 2.75) is 86.7 Å². The van der Waals surface area contributed by atoms with Gasteiger partial charge in [-0.3, -0.25) is 4.79 Å². The number of halogens is 10.